The highest BCUT2D eigenvalue weighted by molar-refractivity contribution is 6.30. The average molecular weight is 364 g/mol. The fourth-order valence-electron chi connectivity index (χ4n) is 1.84. The molecule has 0 spiro atoms. The van der Waals surface area contributed by atoms with E-state index in [4.69, 9.17) is 22.1 Å². The highest BCUT2D eigenvalue weighted by Gasteiger charge is 2.09. The molecule has 0 atom stereocenters. The van der Waals surface area contributed by atoms with Crippen molar-refractivity contribution in [3.8, 4) is 5.75 Å². The third-order valence-electron chi connectivity index (χ3n) is 3.10. The summed E-state index contributed by atoms with van der Waals surface area (Å²) in [5.74, 6) is -0.348. The number of nitrogens with zero attached hydrogens (tertiary/aromatic N) is 2. The van der Waals surface area contributed by atoms with E-state index in [1.165, 1.54) is 24.3 Å². The molecule has 2 N–H and O–H groups in total. The molecule has 0 saturated heterocycles. The molecule has 0 bridgehead atoms. The Morgan fingerprint density at radius 3 is 2.56 bits per heavy atom. The molecule has 25 heavy (non-hydrogen) atoms. The van der Waals surface area contributed by atoms with Gasteiger partial charge in [-0.1, -0.05) is 16.8 Å². The van der Waals surface area contributed by atoms with Crippen molar-refractivity contribution < 1.29 is 19.3 Å². The molecule has 2 aromatic rings. The highest BCUT2D eigenvalue weighted by Crippen LogP contribution is 2.21. The van der Waals surface area contributed by atoms with Crippen molar-refractivity contribution in [2.24, 2.45) is 10.9 Å². The summed E-state index contributed by atoms with van der Waals surface area (Å²) in [5.41, 5.74) is 6.74. The van der Waals surface area contributed by atoms with Gasteiger partial charge in [0, 0.05) is 22.7 Å². The van der Waals surface area contributed by atoms with E-state index in [1.54, 1.807) is 25.1 Å². The van der Waals surface area contributed by atoms with Crippen molar-refractivity contribution in [1.29, 1.82) is 0 Å². The van der Waals surface area contributed by atoms with Crippen LogP contribution in [0.1, 0.15) is 11.1 Å². The van der Waals surface area contributed by atoms with E-state index in [0.29, 0.717) is 16.3 Å². The highest BCUT2D eigenvalue weighted by atomic mass is 35.5. The van der Waals surface area contributed by atoms with E-state index in [2.05, 4.69) is 9.99 Å². The number of nitro benzene ring substituents is 1. The van der Waals surface area contributed by atoms with Crippen molar-refractivity contribution in [2.75, 3.05) is 6.61 Å². The monoisotopic (exact) mass is 363 g/mol. The van der Waals surface area contributed by atoms with Crippen molar-refractivity contribution >= 4 is 29.1 Å². The maximum absolute atomic E-state index is 11.6. The molecule has 8 nitrogen and oxygen atoms in total. The van der Waals surface area contributed by atoms with Gasteiger partial charge in [-0.15, -0.1) is 0 Å². The number of benzene rings is 2. The number of nitrogens with two attached hydrogens (primary N) is 1. The molecule has 0 fully saturated rings. The summed E-state index contributed by atoms with van der Waals surface area (Å²) in [4.78, 5) is 26.4. The number of carbonyl (C=O) groups excluding carboxylic acids is 1. The van der Waals surface area contributed by atoms with Gasteiger partial charge in [0.2, 0.25) is 0 Å². The minimum absolute atomic E-state index is 0.0831. The quantitative estimate of drug-likeness (QED) is 0.277. The number of oxime groups is 1. The van der Waals surface area contributed by atoms with Crippen molar-refractivity contribution in [3.63, 3.8) is 0 Å². The summed E-state index contributed by atoms with van der Waals surface area (Å²) in [6, 6.07) is 10.3. The van der Waals surface area contributed by atoms with Gasteiger partial charge in [0.1, 0.15) is 5.75 Å². The van der Waals surface area contributed by atoms with E-state index >= 15 is 0 Å². The molecular weight excluding hydrogens is 350 g/mol. The van der Waals surface area contributed by atoms with Crippen LogP contribution in [0.3, 0.4) is 0 Å². The zero-order valence-corrected chi connectivity index (χ0v) is 13.9. The second kappa shape index (κ2) is 8.11. The fourth-order valence-corrected chi connectivity index (χ4v) is 2.07. The first-order chi connectivity index (χ1) is 11.9. The van der Waals surface area contributed by atoms with Crippen molar-refractivity contribution in [2.45, 2.75) is 6.92 Å². The molecule has 0 aliphatic carbocycles. The van der Waals surface area contributed by atoms with Crippen LogP contribution in [0.4, 0.5) is 5.69 Å². The lowest BCUT2D eigenvalue weighted by atomic mass is 10.2. The molecule has 0 unspecified atom stereocenters. The van der Waals surface area contributed by atoms with Gasteiger partial charge in [0.15, 0.2) is 12.4 Å². The first-order valence-electron chi connectivity index (χ1n) is 7.04. The normalized spacial score (nSPS) is 11.0. The Morgan fingerprint density at radius 1 is 1.28 bits per heavy atom. The minimum atomic E-state index is -0.751. The van der Waals surface area contributed by atoms with Crippen LogP contribution in [-0.4, -0.2) is 23.3 Å². The number of ether oxygens (including phenoxy) is 1. The summed E-state index contributed by atoms with van der Waals surface area (Å²) >= 11 is 5.83. The minimum Gasteiger partial charge on any atom is -0.482 e. The van der Waals surface area contributed by atoms with Gasteiger partial charge >= 0.3 is 5.97 Å². The lowest BCUT2D eigenvalue weighted by molar-refractivity contribution is -0.384. The predicted octanol–water partition coefficient (Wildman–Crippen LogP) is 2.80. The maximum Gasteiger partial charge on any atom is 0.372 e. The molecule has 0 aliphatic heterocycles. The number of non-ortho nitro benzene ring substituents is 1. The molecule has 0 saturated carbocycles. The van der Waals surface area contributed by atoms with Gasteiger partial charge in [-0.25, -0.2) is 4.79 Å². The van der Waals surface area contributed by atoms with Crippen molar-refractivity contribution in [3.05, 3.63) is 68.7 Å². The molecular formula is C16H14ClN3O5. The number of amidine groups is 1. The summed E-state index contributed by atoms with van der Waals surface area (Å²) in [7, 11) is 0. The Labute approximate surface area is 147 Å². The molecule has 0 aromatic heterocycles. The van der Waals surface area contributed by atoms with Crippen LogP contribution in [0.2, 0.25) is 5.02 Å². The first kappa shape index (κ1) is 18.2. The summed E-state index contributed by atoms with van der Waals surface area (Å²) in [6.45, 7) is 1.43. The predicted molar refractivity (Wildman–Crippen MR) is 91.6 cm³/mol. The smallest absolute Gasteiger partial charge is 0.372 e. The molecule has 130 valence electrons. The Bertz CT molecular complexity index is 821. The molecule has 0 radical (unpaired) electrons. The SMILES string of the molecule is Cc1cc(Cl)ccc1OCC(=O)ON=C(N)c1ccc([N+](=O)[O-])cc1. The third-order valence-corrected chi connectivity index (χ3v) is 3.34. The topological polar surface area (TPSA) is 117 Å². The number of halogens is 1. The Balaban J connectivity index is 1.91. The van der Waals surface area contributed by atoms with Gasteiger partial charge < -0.3 is 15.3 Å². The second-order valence-corrected chi connectivity index (χ2v) is 5.38. The van der Waals surface area contributed by atoms with Gasteiger partial charge in [0.05, 0.1) is 4.92 Å². The summed E-state index contributed by atoms with van der Waals surface area (Å²) in [6.07, 6.45) is 0. The fraction of sp³-hybridized carbons (Fsp3) is 0.125. The Kier molecular flexibility index (Phi) is 5.91. The van der Waals surface area contributed by atoms with Gasteiger partial charge in [0.25, 0.3) is 5.69 Å². The number of nitro groups is 1. The first-order valence-corrected chi connectivity index (χ1v) is 7.41. The standard InChI is InChI=1S/C16H14ClN3O5/c1-10-8-12(17)4-7-14(10)24-9-15(21)25-19-16(18)11-2-5-13(6-3-11)20(22)23/h2-8H,9H2,1H3,(H2,18,19). The lowest BCUT2D eigenvalue weighted by Gasteiger charge is -2.07. The van der Waals surface area contributed by atoms with E-state index in [-0.39, 0.29) is 18.1 Å². The molecule has 9 heteroatoms. The third kappa shape index (κ3) is 5.18. The molecule has 2 aromatic carbocycles. The number of aryl methyl sites for hydroxylation is 1. The number of rotatable bonds is 6. The van der Waals surface area contributed by atoms with E-state index < -0.39 is 10.9 Å². The average Bonchev–Trinajstić information content (AvgIpc) is 2.59. The molecule has 2 rings (SSSR count). The number of hydrogen-bond donors (Lipinski definition) is 1. The van der Waals surface area contributed by atoms with Gasteiger partial charge in [-0.2, -0.15) is 0 Å². The lowest BCUT2D eigenvalue weighted by Crippen LogP contribution is -2.18. The molecule has 0 amide bonds. The van der Waals surface area contributed by atoms with Crippen LogP contribution in [0.5, 0.6) is 5.75 Å². The van der Waals surface area contributed by atoms with E-state index in [9.17, 15) is 14.9 Å². The Hall–Kier alpha value is -3.13. The van der Waals surface area contributed by atoms with Crippen LogP contribution in [0.15, 0.2) is 47.6 Å². The van der Waals surface area contributed by atoms with Gasteiger partial charge in [-0.3, -0.25) is 10.1 Å². The zero-order valence-electron chi connectivity index (χ0n) is 13.1. The molecule has 0 aliphatic rings. The summed E-state index contributed by atoms with van der Waals surface area (Å²) in [5, 5.41) is 14.6. The van der Waals surface area contributed by atoms with Crippen LogP contribution >= 0.6 is 11.6 Å². The van der Waals surface area contributed by atoms with E-state index in [0.717, 1.165) is 5.56 Å². The maximum atomic E-state index is 11.6. The number of carbonyl (C=O) groups is 1. The van der Waals surface area contributed by atoms with Crippen molar-refractivity contribution in [1.82, 2.24) is 0 Å². The van der Waals surface area contributed by atoms with Crippen LogP contribution in [0, 0.1) is 17.0 Å². The van der Waals surface area contributed by atoms with E-state index in [1.807, 2.05) is 0 Å². The van der Waals surface area contributed by atoms with Gasteiger partial charge in [-0.05, 0) is 42.8 Å². The number of hydrogen-bond acceptors (Lipinski definition) is 6. The van der Waals surface area contributed by atoms with Crippen LogP contribution in [0.25, 0.3) is 0 Å². The zero-order chi connectivity index (χ0) is 18.4. The molecule has 0 heterocycles. The summed E-state index contributed by atoms with van der Waals surface area (Å²) < 4.78 is 5.32. The van der Waals surface area contributed by atoms with Crippen LogP contribution in [-0.2, 0) is 9.63 Å². The largest absolute Gasteiger partial charge is 0.482 e. The Morgan fingerprint density at radius 2 is 1.96 bits per heavy atom. The van der Waals surface area contributed by atoms with Crippen LogP contribution < -0.4 is 10.5 Å². The second-order valence-electron chi connectivity index (χ2n) is 4.94.